The van der Waals surface area contributed by atoms with Crippen LogP contribution >= 0.6 is 0 Å². The molecule has 0 aliphatic heterocycles. The van der Waals surface area contributed by atoms with Gasteiger partial charge in [-0.05, 0) is 6.92 Å². The van der Waals surface area contributed by atoms with Crippen molar-refractivity contribution in [1.29, 1.82) is 0 Å². The summed E-state index contributed by atoms with van der Waals surface area (Å²) in [4.78, 5) is 11.1. The molecule has 0 aromatic carbocycles. The Balaban J connectivity index is 3.62. The fraction of sp³-hybridized carbons (Fsp3) is 0.875. The number of carbonyl (C=O) groups excluding carboxylic acids is 1. The molecule has 0 amide bonds. The molecule has 0 saturated heterocycles. The number of rotatable bonds is 6. The minimum atomic E-state index is -1.58. The van der Waals surface area contributed by atoms with Crippen molar-refractivity contribution in [3.05, 3.63) is 0 Å². The molecule has 0 spiro atoms. The molecular formula is C8H17NO4. The van der Waals surface area contributed by atoms with E-state index in [1.807, 2.05) is 0 Å². The first kappa shape index (κ1) is 12.3. The lowest BCUT2D eigenvalue weighted by Crippen LogP contribution is -2.44. The van der Waals surface area contributed by atoms with Crippen LogP contribution in [0.2, 0.25) is 0 Å². The van der Waals surface area contributed by atoms with Crippen molar-refractivity contribution < 1.29 is 19.4 Å². The van der Waals surface area contributed by atoms with Crippen LogP contribution in [0.15, 0.2) is 0 Å². The number of nitrogens with two attached hydrogens (primary N) is 1. The van der Waals surface area contributed by atoms with E-state index < -0.39 is 11.6 Å². The van der Waals surface area contributed by atoms with Gasteiger partial charge in [-0.1, -0.05) is 0 Å². The zero-order valence-corrected chi connectivity index (χ0v) is 8.08. The largest absolute Gasteiger partial charge is 0.463 e. The Hall–Kier alpha value is -0.650. The molecule has 0 saturated carbocycles. The Bertz CT molecular complexity index is 158. The molecule has 78 valence electrons. The predicted molar refractivity (Wildman–Crippen MR) is 47.1 cm³/mol. The zero-order chi connectivity index (χ0) is 10.3. The first-order valence-electron chi connectivity index (χ1n) is 4.13. The van der Waals surface area contributed by atoms with Crippen molar-refractivity contribution >= 4 is 5.97 Å². The second-order valence-electron chi connectivity index (χ2n) is 2.96. The smallest absolute Gasteiger partial charge is 0.339 e. The third kappa shape index (κ3) is 4.82. The maximum atomic E-state index is 11.1. The highest BCUT2D eigenvalue weighted by Gasteiger charge is 2.29. The summed E-state index contributed by atoms with van der Waals surface area (Å²) in [6.07, 6.45) is 0.614. The van der Waals surface area contributed by atoms with E-state index in [4.69, 9.17) is 15.2 Å². The van der Waals surface area contributed by atoms with Crippen molar-refractivity contribution in [3.63, 3.8) is 0 Å². The second-order valence-corrected chi connectivity index (χ2v) is 2.96. The lowest BCUT2D eigenvalue weighted by molar-refractivity contribution is -0.162. The number of ether oxygens (including phenoxy) is 2. The summed E-state index contributed by atoms with van der Waals surface area (Å²) in [7, 11) is 1.57. The monoisotopic (exact) mass is 191 g/mol. The highest BCUT2D eigenvalue weighted by molar-refractivity contribution is 5.78. The minimum absolute atomic E-state index is 0.143. The standard InChI is InChI=1S/C8H17NO4/c1-8(11,6-9)7(10)13-5-3-4-12-2/h11H,3-6,9H2,1-2H3. The summed E-state index contributed by atoms with van der Waals surface area (Å²) in [5.74, 6) is -0.689. The van der Waals surface area contributed by atoms with Gasteiger partial charge in [0.05, 0.1) is 6.61 Å². The van der Waals surface area contributed by atoms with Gasteiger partial charge in [-0.3, -0.25) is 0 Å². The van der Waals surface area contributed by atoms with Crippen LogP contribution in [0, 0.1) is 0 Å². The van der Waals surface area contributed by atoms with Gasteiger partial charge >= 0.3 is 5.97 Å². The van der Waals surface area contributed by atoms with Gasteiger partial charge in [0.15, 0.2) is 5.60 Å². The van der Waals surface area contributed by atoms with Crippen molar-refractivity contribution in [2.75, 3.05) is 26.9 Å². The Morgan fingerprint density at radius 2 is 2.15 bits per heavy atom. The number of carbonyl (C=O) groups is 1. The van der Waals surface area contributed by atoms with Crippen LogP contribution in [0.5, 0.6) is 0 Å². The van der Waals surface area contributed by atoms with E-state index in [-0.39, 0.29) is 13.2 Å². The normalized spacial score (nSPS) is 15.1. The molecule has 0 rings (SSSR count). The van der Waals surface area contributed by atoms with Crippen LogP contribution in [0.25, 0.3) is 0 Å². The molecule has 5 heteroatoms. The van der Waals surface area contributed by atoms with E-state index in [0.717, 1.165) is 0 Å². The molecule has 3 N–H and O–H groups in total. The predicted octanol–water partition coefficient (Wildman–Crippen LogP) is -0.724. The van der Waals surface area contributed by atoms with Gasteiger partial charge in [0, 0.05) is 26.7 Å². The SMILES string of the molecule is COCCCOC(=O)C(C)(O)CN. The van der Waals surface area contributed by atoms with Gasteiger partial charge in [0.25, 0.3) is 0 Å². The molecule has 1 atom stereocenters. The fourth-order valence-electron chi connectivity index (χ4n) is 0.607. The number of hydrogen-bond acceptors (Lipinski definition) is 5. The lowest BCUT2D eigenvalue weighted by atomic mass is 10.1. The Morgan fingerprint density at radius 1 is 1.54 bits per heavy atom. The molecule has 0 bridgehead atoms. The molecule has 0 aliphatic carbocycles. The average Bonchev–Trinajstić information content (AvgIpc) is 2.12. The van der Waals surface area contributed by atoms with Crippen molar-refractivity contribution in [3.8, 4) is 0 Å². The van der Waals surface area contributed by atoms with Crippen LogP contribution in [0.1, 0.15) is 13.3 Å². The van der Waals surface area contributed by atoms with Gasteiger partial charge in [0.2, 0.25) is 0 Å². The number of esters is 1. The first-order valence-corrected chi connectivity index (χ1v) is 4.13. The van der Waals surface area contributed by atoms with Gasteiger partial charge in [0.1, 0.15) is 0 Å². The summed E-state index contributed by atoms with van der Waals surface area (Å²) < 4.78 is 9.51. The molecule has 0 aromatic heterocycles. The van der Waals surface area contributed by atoms with Crippen LogP contribution in [0.4, 0.5) is 0 Å². The summed E-state index contributed by atoms with van der Waals surface area (Å²) >= 11 is 0. The quantitative estimate of drug-likeness (QED) is 0.427. The maximum Gasteiger partial charge on any atom is 0.339 e. The molecule has 13 heavy (non-hydrogen) atoms. The molecule has 1 unspecified atom stereocenters. The first-order chi connectivity index (χ1) is 6.04. The summed E-state index contributed by atoms with van der Waals surface area (Å²) in [6.45, 7) is 1.95. The van der Waals surface area contributed by atoms with E-state index in [2.05, 4.69) is 0 Å². The van der Waals surface area contributed by atoms with E-state index in [1.165, 1.54) is 6.92 Å². The van der Waals surface area contributed by atoms with E-state index in [1.54, 1.807) is 7.11 Å². The average molecular weight is 191 g/mol. The van der Waals surface area contributed by atoms with Crippen LogP contribution < -0.4 is 5.73 Å². The summed E-state index contributed by atoms with van der Waals surface area (Å²) in [6, 6.07) is 0. The lowest BCUT2D eigenvalue weighted by Gasteiger charge is -2.18. The third-order valence-corrected chi connectivity index (χ3v) is 1.56. The van der Waals surface area contributed by atoms with E-state index in [9.17, 15) is 9.90 Å². The number of methoxy groups -OCH3 is 1. The maximum absolute atomic E-state index is 11.1. The van der Waals surface area contributed by atoms with Gasteiger partial charge < -0.3 is 20.3 Å². The van der Waals surface area contributed by atoms with Crippen LogP contribution in [0.3, 0.4) is 0 Å². The van der Waals surface area contributed by atoms with Gasteiger partial charge in [-0.2, -0.15) is 0 Å². The highest BCUT2D eigenvalue weighted by Crippen LogP contribution is 2.03. The topological polar surface area (TPSA) is 81.8 Å². The molecule has 0 heterocycles. The van der Waals surface area contributed by atoms with Crippen molar-refractivity contribution in [1.82, 2.24) is 0 Å². The molecule has 0 aliphatic rings. The Kier molecular flexibility index (Phi) is 5.61. The number of hydrogen-bond donors (Lipinski definition) is 2. The van der Waals surface area contributed by atoms with Crippen molar-refractivity contribution in [2.45, 2.75) is 18.9 Å². The van der Waals surface area contributed by atoms with Crippen LogP contribution in [-0.2, 0) is 14.3 Å². The van der Waals surface area contributed by atoms with Crippen LogP contribution in [-0.4, -0.2) is 43.5 Å². The fourth-order valence-corrected chi connectivity index (χ4v) is 0.607. The third-order valence-electron chi connectivity index (χ3n) is 1.56. The number of aliphatic hydroxyl groups is 1. The van der Waals surface area contributed by atoms with Gasteiger partial charge in [-0.25, -0.2) is 4.79 Å². The van der Waals surface area contributed by atoms with E-state index >= 15 is 0 Å². The molecule has 5 nitrogen and oxygen atoms in total. The minimum Gasteiger partial charge on any atom is -0.463 e. The molecule has 0 aromatic rings. The molecule has 0 fully saturated rings. The zero-order valence-electron chi connectivity index (χ0n) is 8.08. The van der Waals surface area contributed by atoms with Gasteiger partial charge in [-0.15, -0.1) is 0 Å². The summed E-state index contributed by atoms with van der Waals surface area (Å²) in [5.41, 5.74) is 3.59. The van der Waals surface area contributed by atoms with E-state index in [0.29, 0.717) is 13.0 Å². The second kappa shape index (κ2) is 5.90. The molecule has 0 radical (unpaired) electrons. The molecular weight excluding hydrogens is 174 g/mol. The Morgan fingerprint density at radius 3 is 2.62 bits per heavy atom. The Labute approximate surface area is 77.8 Å². The van der Waals surface area contributed by atoms with Crippen molar-refractivity contribution in [2.24, 2.45) is 5.73 Å². The highest BCUT2D eigenvalue weighted by atomic mass is 16.6. The summed E-state index contributed by atoms with van der Waals surface area (Å²) in [5, 5.41) is 9.32.